The van der Waals surface area contributed by atoms with E-state index in [0.29, 0.717) is 0 Å². The minimum Gasteiger partial charge on any atom is -0.323 e. The highest BCUT2D eigenvalue weighted by Crippen LogP contribution is 2.29. The molecule has 1 fully saturated rings. The second-order valence-corrected chi connectivity index (χ2v) is 6.05. The van der Waals surface area contributed by atoms with Crippen molar-refractivity contribution in [3.05, 3.63) is 34.9 Å². The molecular formula is C17H28N2. The highest BCUT2D eigenvalue weighted by atomic mass is 15.2. The predicted octanol–water partition coefficient (Wildman–Crippen LogP) is 3.57. The summed E-state index contributed by atoms with van der Waals surface area (Å²) in [7, 11) is 0. The Hall–Kier alpha value is -0.860. The summed E-state index contributed by atoms with van der Waals surface area (Å²) in [5.41, 5.74) is 10.4. The maximum absolute atomic E-state index is 6.44. The first-order valence-electron chi connectivity index (χ1n) is 7.68. The lowest BCUT2D eigenvalue weighted by Crippen LogP contribution is -2.35. The summed E-state index contributed by atoms with van der Waals surface area (Å²) in [6, 6.07) is 7.58. The third-order valence-electron chi connectivity index (χ3n) is 4.12. The van der Waals surface area contributed by atoms with Crippen molar-refractivity contribution < 1.29 is 0 Å². The standard InChI is InChI=1S/C17H28N2/c1-4-5-10-19(15-7-8-15)12-17(18)16-9-6-13(2)11-14(16)3/h6,9,11,15,17H,4-5,7-8,10,12,18H2,1-3H3. The molecule has 0 heterocycles. The van der Waals surface area contributed by atoms with Crippen LogP contribution in [0, 0.1) is 13.8 Å². The van der Waals surface area contributed by atoms with Crippen molar-refractivity contribution in [3.8, 4) is 0 Å². The maximum Gasteiger partial charge on any atom is 0.0427 e. The van der Waals surface area contributed by atoms with Crippen molar-refractivity contribution in [2.75, 3.05) is 13.1 Å². The lowest BCUT2D eigenvalue weighted by atomic mass is 9.99. The van der Waals surface area contributed by atoms with E-state index in [-0.39, 0.29) is 6.04 Å². The van der Waals surface area contributed by atoms with Gasteiger partial charge in [-0.15, -0.1) is 0 Å². The van der Waals surface area contributed by atoms with E-state index in [1.54, 1.807) is 0 Å². The molecule has 2 N–H and O–H groups in total. The number of nitrogens with zero attached hydrogens (tertiary/aromatic N) is 1. The molecule has 1 aromatic rings. The maximum atomic E-state index is 6.44. The Labute approximate surface area is 118 Å². The summed E-state index contributed by atoms with van der Waals surface area (Å²) >= 11 is 0. The first-order chi connectivity index (χ1) is 9.11. The number of unbranched alkanes of at least 4 members (excludes halogenated alkanes) is 1. The van der Waals surface area contributed by atoms with E-state index in [1.807, 2.05) is 0 Å². The minimum absolute atomic E-state index is 0.151. The SMILES string of the molecule is CCCCN(CC(N)c1ccc(C)cc1C)C1CC1. The van der Waals surface area contributed by atoms with Gasteiger partial charge in [0.25, 0.3) is 0 Å². The van der Waals surface area contributed by atoms with E-state index in [0.717, 1.165) is 12.6 Å². The van der Waals surface area contributed by atoms with Gasteiger partial charge in [0.05, 0.1) is 0 Å². The topological polar surface area (TPSA) is 29.3 Å². The van der Waals surface area contributed by atoms with Gasteiger partial charge in [0.2, 0.25) is 0 Å². The molecule has 1 atom stereocenters. The van der Waals surface area contributed by atoms with Gasteiger partial charge >= 0.3 is 0 Å². The normalized spacial score (nSPS) is 16.9. The summed E-state index contributed by atoms with van der Waals surface area (Å²) in [5.74, 6) is 0. The molecule has 0 bridgehead atoms. The van der Waals surface area contributed by atoms with E-state index < -0.39 is 0 Å². The van der Waals surface area contributed by atoms with Crippen LogP contribution in [-0.2, 0) is 0 Å². The lowest BCUT2D eigenvalue weighted by molar-refractivity contribution is 0.243. The van der Waals surface area contributed by atoms with E-state index in [1.165, 1.54) is 48.9 Å². The van der Waals surface area contributed by atoms with Crippen LogP contribution in [0.25, 0.3) is 0 Å². The Balaban J connectivity index is 1.99. The van der Waals surface area contributed by atoms with Crippen molar-refractivity contribution in [1.82, 2.24) is 4.90 Å². The Morgan fingerprint density at radius 3 is 2.63 bits per heavy atom. The Morgan fingerprint density at radius 1 is 1.32 bits per heavy atom. The fourth-order valence-corrected chi connectivity index (χ4v) is 2.82. The van der Waals surface area contributed by atoms with E-state index in [2.05, 4.69) is 43.9 Å². The molecule has 0 spiro atoms. The third kappa shape index (κ3) is 4.05. The van der Waals surface area contributed by atoms with Crippen LogP contribution >= 0.6 is 0 Å². The van der Waals surface area contributed by atoms with Crippen molar-refractivity contribution in [3.63, 3.8) is 0 Å². The van der Waals surface area contributed by atoms with Crippen molar-refractivity contribution >= 4 is 0 Å². The largest absolute Gasteiger partial charge is 0.323 e. The molecule has 0 saturated heterocycles. The molecule has 0 radical (unpaired) electrons. The summed E-state index contributed by atoms with van der Waals surface area (Å²) in [6.45, 7) is 8.79. The third-order valence-corrected chi connectivity index (χ3v) is 4.12. The Bertz CT molecular complexity index is 410. The smallest absolute Gasteiger partial charge is 0.0427 e. The van der Waals surface area contributed by atoms with Gasteiger partial charge in [0, 0.05) is 18.6 Å². The molecule has 1 aliphatic rings. The van der Waals surface area contributed by atoms with Gasteiger partial charge in [-0.1, -0.05) is 37.1 Å². The quantitative estimate of drug-likeness (QED) is 0.812. The second-order valence-electron chi connectivity index (χ2n) is 6.05. The average Bonchev–Trinajstić information content (AvgIpc) is 3.18. The first kappa shape index (κ1) is 14.5. The monoisotopic (exact) mass is 260 g/mol. The van der Waals surface area contributed by atoms with E-state index in [4.69, 9.17) is 5.73 Å². The highest BCUT2D eigenvalue weighted by Gasteiger charge is 2.29. The number of rotatable bonds is 7. The minimum atomic E-state index is 0.151. The number of benzene rings is 1. The first-order valence-corrected chi connectivity index (χ1v) is 7.68. The zero-order chi connectivity index (χ0) is 13.8. The molecule has 0 aromatic heterocycles. The summed E-state index contributed by atoms with van der Waals surface area (Å²) in [6.07, 6.45) is 5.28. The molecule has 0 amide bonds. The van der Waals surface area contributed by atoms with Crippen LogP contribution in [0.4, 0.5) is 0 Å². The fourth-order valence-electron chi connectivity index (χ4n) is 2.82. The van der Waals surface area contributed by atoms with Gasteiger partial charge in [-0.05, 0) is 50.8 Å². The molecule has 1 aromatic carbocycles. The van der Waals surface area contributed by atoms with Gasteiger partial charge < -0.3 is 5.73 Å². The van der Waals surface area contributed by atoms with Crippen LogP contribution in [0.1, 0.15) is 55.3 Å². The summed E-state index contributed by atoms with van der Waals surface area (Å²) < 4.78 is 0. The molecular weight excluding hydrogens is 232 g/mol. The predicted molar refractivity (Wildman–Crippen MR) is 82.3 cm³/mol. The van der Waals surface area contributed by atoms with Crippen molar-refractivity contribution in [2.24, 2.45) is 5.73 Å². The van der Waals surface area contributed by atoms with Gasteiger partial charge in [0.1, 0.15) is 0 Å². The second kappa shape index (κ2) is 6.53. The van der Waals surface area contributed by atoms with Crippen LogP contribution in [0.3, 0.4) is 0 Å². The number of hydrogen-bond donors (Lipinski definition) is 1. The fraction of sp³-hybridized carbons (Fsp3) is 0.647. The number of nitrogens with two attached hydrogens (primary N) is 1. The zero-order valence-corrected chi connectivity index (χ0v) is 12.7. The zero-order valence-electron chi connectivity index (χ0n) is 12.7. The molecule has 1 saturated carbocycles. The Morgan fingerprint density at radius 2 is 2.05 bits per heavy atom. The van der Waals surface area contributed by atoms with Crippen LogP contribution in [-0.4, -0.2) is 24.0 Å². The molecule has 2 nitrogen and oxygen atoms in total. The summed E-state index contributed by atoms with van der Waals surface area (Å²) in [4.78, 5) is 2.60. The molecule has 2 rings (SSSR count). The van der Waals surface area contributed by atoms with Gasteiger partial charge in [0.15, 0.2) is 0 Å². The van der Waals surface area contributed by atoms with Crippen molar-refractivity contribution in [2.45, 2.75) is 58.5 Å². The lowest BCUT2D eigenvalue weighted by Gasteiger charge is -2.26. The van der Waals surface area contributed by atoms with Gasteiger partial charge in [-0.2, -0.15) is 0 Å². The summed E-state index contributed by atoms with van der Waals surface area (Å²) in [5, 5.41) is 0. The molecule has 1 unspecified atom stereocenters. The number of aryl methyl sites for hydroxylation is 2. The molecule has 2 heteroatoms. The Kier molecular flexibility index (Phi) is 5.00. The molecule has 106 valence electrons. The van der Waals surface area contributed by atoms with Crippen molar-refractivity contribution in [1.29, 1.82) is 0 Å². The van der Waals surface area contributed by atoms with Crippen LogP contribution in [0.15, 0.2) is 18.2 Å². The van der Waals surface area contributed by atoms with Gasteiger partial charge in [-0.3, -0.25) is 4.90 Å². The molecule has 19 heavy (non-hydrogen) atoms. The van der Waals surface area contributed by atoms with Crippen LogP contribution in [0.5, 0.6) is 0 Å². The number of hydrogen-bond acceptors (Lipinski definition) is 2. The van der Waals surface area contributed by atoms with Gasteiger partial charge in [-0.25, -0.2) is 0 Å². The van der Waals surface area contributed by atoms with Crippen LogP contribution < -0.4 is 5.73 Å². The van der Waals surface area contributed by atoms with E-state index >= 15 is 0 Å². The highest BCUT2D eigenvalue weighted by molar-refractivity contribution is 5.32. The van der Waals surface area contributed by atoms with Crippen LogP contribution in [0.2, 0.25) is 0 Å². The average molecular weight is 260 g/mol. The van der Waals surface area contributed by atoms with E-state index in [9.17, 15) is 0 Å². The molecule has 0 aliphatic heterocycles. The molecule has 1 aliphatic carbocycles.